The number of amides is 1. The molecule has 0 aromatic carbocycles. The molecule has 3 fully saturated rings. The Balaban J connectivity index is 1.95. The molecule has 2 unspecified atom stereocenters. The highest BCUT2D eigenvalue weighted by Gasteiger charge is 2.77. The van der Waals surface area contributed by atoms with Crippen molar-refractivity contribution < 1.29 is 14.8 Å². The van der Waals surface area contributed by atoms with Gasteiger partial charge in [-0.3, -0.25) is 9.59 Å². The van der Waals surface area contributed by atoms with Crippen LogP contribution in [-0.2, 0) is 9.59 Å². The Labute approximate surface area is 137 Å². The Morgan fingerprint density at radius 3 is 2.26 bits per heavy atom. The van der Waals surface area contributed by atoms with Crippen LogP contribution in [0.5, 0.6) is 0 Å². The number of Topliss-reactive ketones (excluding diaryl/α,β-unsaturated/α-hetero) is 1. The van der Waals surface area contributed by atoms with Crippen LogP contribution in [0.4, 0.5) is 0 Å². The predicted octanol–water partition coefficient (Wildman–Crippen LogP) is 1.38. The van der Waals surface area contributed by atoms with E-state index in [9.17, 15) is 14.8 Å². The molecule has 1 aliphatic heterocycles. The first-order valence-electron chi connectivity index (χ1n) is 8.55. The van der Waals surface area contributed by atoms with E-state index in [0.29, 0.717) is 25.9 Å². The van der Waals surface area contributed by atoms with Gasteiger partial charge in [0.2, 0.25) is 5.91 Å². The van der Waals surface area contributed by atoms with Crippen LogP contribution < -0.4 is 0 Å². The molecule has 1 amide bonds. The first kappa shape index (κ1) is 16.4. The molecule has 6 nitrogen and oxygen atoms in total. The van der Waals surface area contributed by atoms with Gasteiger partial charge in [-0.05, 0) is 24.8 Å². The summed E-state index contributed by atoms with van der Waals surface area (Å²) in [5.74, 6) is -0.327. The average Bonchev–Trinajstić information content (AvgIpc) is 2.82. The maximum atomic E-state index is 13.4. The Bertz CT molecular complexity index is 578. The second-order valence-corrected chi connectivity index (χ2v) is 7.87. The summed E-state index contributed by atoms with van der Waals surface area (Å²) in [6.07, 6.45) is 1.27. The van der Waals surface area contributed by atoms with E-state index in [1.54, 1.807) is 0 Å². The van der Waals surface area contributed by atoms with Crippen LogP contribution >= 0.6 is 0 Å². The number of nitrogens with zero attached hydrogens (tertiary/aromatic N) is 3. The largest absolute Gasteiger partial charge is 0.411 e. The number of carbonyl (C=O) groups is 2. The van der Waals surface area contributed by atoms with Crippen LogP contribution in [0.15, 0.2) is 5.16 Å². The van der Waals surface area contributed by atoms with Gasteiger partial charge in [-0.25, -0.2) is 0 Å². The lowest BCUT2D eigenvalue weighted by atomic mass is 9.64. The first-order valence-corrected chi connectivity index (χ1v) is 8.55. The SMILES string of the molecule is CCN1CCN(C(=O)C23CCC(C)(C(=NO)C2=O)C3(C)C)CC1. The predicted molar refractivity (Wildman–Crippen MR) is 86.5 cm³/mol. The number of oxime groups is 1. The fourth-order valence-corrected chi connectivity index (χ4v) is 4.96. The molecular weight excluding hydrogens is 294 g/mol. The molecule has 2 bridgehead atoms. The minimum atomic E-state index is -1.06. The summed E-state index contributed by atoms with van der Waals surface area (Å²) in [6, 6.07) is 0. The van der Waals surface area contributed by atoms with Gasteiger partial charge in [-0.15, -0.1) is 0 Å². The highest BCUT2D eigenvalue weighted by molar-refractivity contribution is 6.50. The fraction of sp³-hybridized carbons (Fsp3) is 0.824. The summed E-state index contributed by atoms with van der Waals surface area (Å²) in [6.45, 7) is 12.1. The van der Waals surface area contributed by atoms with Crippen LogP contribution in [-0.4, -0.2) is 65.1 Å². The van der Waals surface area contributed by atoms with Gasteiger partial charge in [-0.1, -0.05) is 32.9 Å². The van der Waals surface area contributed by atoms with Crippen molar-refractivity contribution in [1.82, 2.24) is 9.80 Å². The molecule has 3 rings (SSSR count). The summed E-state index contributed by atoms with van der Waals surface area (Å²) in [4.78, 5) is 30.5. The number of fused-ring (bicyclic) bond motifs is 2. The topological polar surface area (TPSA) is 73.2 Å². The van der Waals surface area contributed by atoms with E-state index in [-0.39, 0.29) is 17.4 Å². The van der Waals surface area contributed by atoms with E-state index in [2.05, 4.69) is 17.0 Å². The zero-order valence-electron chi connectivity index (χ0n) is 14.6. The third-order valence-electron chi connectivity index (χ3n) is 7.14. The van der Waals surface area contributed by atoms with E-state index >= 15 is 0 Å². The minimum Gasteiger partial charge on any atom is -0.411 e. The van der Waals surface area contributed by atoms with E-state index in [1.165, 1.54) is 0 Å². The van der Waals surface area contributed by atoms with Gasteiger partial charge in [0.25, 0.3) is 0 Å². The minimum absolute atomic E-state index is 0.0642. The number of ketones is 1. The molecular formula is C17H27N3O3. The zero-order valence-corrected chi connectivity index (χ0v) is 14.6. The average molecular weight is 321 g/mol. The third kappa shape index (κ3) is 1.76. The van der Waals surface area contributed by atoms with Crippen molar-refractivity contribution in [3.63, 3.8) is 0 Å². The number of piperazine rings is 1. The summed E-state index contributed by atoms with van der Waals surface area (Å²) >= 11 is 0. The molecule has 2 atom stereocenters. The highest BCUT2D eigenvalue weighted by Crippen LogP contribution is 2.69. The van der Waals surface area contributed by atoms with Crippen molar-refractivity contribution in [2.45, 2.75) is 40.5 Å². The van der Waals surface area contributed by atoms with Crippen LogP contribution in [0, 0.1) is 16.2 Å². The number of likely N-dealkylation sites (N-methyl/N-ethyl adjacent to an activating group) is 1. The number of carbonyl (C=O) groups excluding carboxylic acids is 2. The van der Waals surface area contributed by atoms with E-state index < -0.39 is 16.2 Å². The monoisotopic (exact) mass is 321 g/mol. The lowest BCUT2D eigenvalue weighted by molar-refractivity contribution is -0.154. The van der Waals surface area contributed by atoms with Crippen molar-refractivity contribution in [1.29, 1.82) is 0 Å². The maximum absolute atomic E-state index is 13.4. The zero-order chi connectivity index (χ0) is 17.0. The van der Waals surface area contributed by atoms with Gasteiger partial charge in [0.05, 0.1) is 0 Å². The standard InChI is InChI=1S/C17H27N3O3/c1-5-19-8-10-20(11-9-19)14(22)17-7-6-16(4,15(17,2)3)12(18-23)13(17)21/h23H,5-11H2,1-4H3. The van der Waals surface area contributed by atoms with Crippen LogP contribution in [0.2, 0.25) is 0 Å². The van der Waals surface area contributed by atoms with Crippen LogP contribution in [0.3, 0.4) is 0 Å². The van der Waals surface area contributed by atoms with Gasteiger partial charge >= 0.3 is 0 Å². The van der Waals surface area contributed by atoms with Gasteiger partial charge in [0, 0.05) is 31.6 Å². The van der Waals surface area contributed by atoms with Crippen molar-refractivity contribution in [2.24, 2.45) is 21.4 Å². The number of hydrogen-bond donors (Lipinski definition) is 1. The van der Waals surface area contributed by atoms with Crippen molar-refractivity contribution >= 4 is 17.4 Å². The maximum Gasteiger partial charge on any atom is 0.237 e. The van der Waals surface area contributed by atoms with Crippen molar-refractivity contribution in [2.75, 3.05) is 32.7 Å². The molecule has 3 aliphatic rings. The molecule has 0 radical (unpaired) electrons. The Hall–Kier alpha value is -1.43. The molecule has 1 N–H and O–H groups in total. The molecule has 1 heterocycles. The second-order valence-electron chi connectivity index (χ2n) is 7.87. The smallest absolute Gasteiger partial charge is 0.237 e. The van der Waals surface area contributed by atoms with E-state index in [4.69, 9.17) is 0 Å². The molecule has 2 aliphatic carbocycles. The molecule has 23 heavy (non-hydrogen) atoms. The Morgan fingerprint density at radius 1 is 1.17 bits per heavy atom. The van der Waals surface area contributed by atoms with Crippen molar-refractivity contribution in [3.8, 4) is 0 Å². The molecule has 2 saturated carbocycles. The Morgan fingerprint density at radius 2 is 1.78 bits per heavy atom. The molecule has 1 saturated heterocycles. The molecule has 0 aromatic rings. The first-order chi connectivity index (χ1) is 10.8. The highest BCUT2D eigenvalue weighted by atomic mass is 16.4. The van der Waals surface area contributed by atoms with E-state index in [1.807, 2.05) is 25.7 Å². The fourth-order valence-electron chi connectivity index (χ4n) is 4.96. The summed E-state index contributed by atoms with van der Waals surface area (Å²) < 4.78 is 0. The van der Waals surface area contributed by atoms with Gasteiger partial charge in [0.15, 0.2) is 5.78 Å². The Kier molecular flexibility index (Phi) is 3.59. The lowest BCUT2D eigenvalue weighted by Gasteiger charge is -2.43. The molecule has 0 spiro atoms. The quantitative estimate of drug-likeness (QED) is 0.474. The van der Waals surface area contributed by atoms with Crippen molar-refractivity contribution in [3.05, 3.63) is 0 Å². The van der Waals surface area contributed by atoms with Gasteiger partial charge < -0.3 is 15.0 Å². The van der Waals surface area contributed by atoms with Gasteiger partial charge in [0.1, 0.15) is 11.1 Å². The summed E-state index contributed by atoms with van der Waals surface area (Å²) in [5.41, 5.74) is -1.93. The molecule has 6 heteroatoms. The molecule has 128 valence electrons. The summed E-state index contributed by atoms with van der Waals surface area (Å²) in [5, 5.41) is 12.7. The lowest BCUT2D eigenvalue weighted by Crippen LogP contribution is -2.57. The normalized spacial score (nSPS) is 38.5. The third-order valence-corrected chi connectivity index (χ3v) is 7.14. The van der Waals surface area contributed by atoms with Crippen LogP contribution in [0.1, 0.15) is 40.5 Å². The second kappa shape index (κ2) is 5.03. The van der Waals surface area contributed by atoms with E-state index in [0.717, 1.165) is 19.6 Å². The molecule has 0 aromatic heterocycles. The number of hydrogen-bond acceptors (Lipinski definition) is 5. The number of rotatable bonds is 2. The van der Waals surface area contributed by atoms with Gasteiger partial charge in [-0.2, -0.15) is 0 Å². The summed E-state index contributed by atoms with van der Waals surface area (Å²) in [7, 11) is 0. The van der Waals surface area contributed by atoms with Crippen LogP contribution in [0.25, 0.3) is 0 Å².